The molecule has 0 saturated heterocycles. The lowest BCUT2D eigenvalue weighted by atomic mass is 9.74. The number of aliphatic imine (C=N–C) groups is 1. The van der Waals surface area contributed by atoms with Gasteiger partial charge in [-0.1, -0.05) is 50.8 Å². The molecule has 5 rings (SSSR count). The fourth-order valence-corrected chi connectivity index (χ4v) is 6.11. The van der Waals surface area contributed by atoms with Gasteiger partial charge in [-0.05, 0) is 40.7 Å². The monoisotopic (exact) mass is 542 g/mol. The molecule has 2 aromatic carbocycles. The standard InChI is InChI=1S/C30H30F4N2O3/c1-15-17(11-19-23(15)24(19)28(37)38)12-22(35-4)39-13-16-9-10-21-25(26(16)31)27(36-14-29(21,2)3)18-7-5-6-8-20(18)30(32,33)34/h5-10,12,19,23-24,27,36H,1,11,13-14H2,2-4H3,(H,37,38)/b17-12-,35-22?/t19-,23+,24+,27?/m1/s1. The van der Waals surface area contributed by atoms with Crippen molar-refractivity contribution in [2.24, 2.45) is 22.7 Å². The van der Waals surface area contributed by atoms with Crippen molar-refractivity contribution in [2.45, 2.75) is 44.5 Å². The molecule has 2 aliphatic carbocycles. The summed E-state index contributed by atoms with van der Waals surface area (Å²) >= 11 is 0. The number of halogens is 4. The van der Waals surface area contributed by atoms with Crippen molar-refractivity contribution in [3.63, 3.8) is 0 Å². The molecule has 206 valence electrons. The number of carboxylic acids is 1. The second-order valence-corrected chi connectivity index (χ2v) is 11.1. The van der Waals surface area contributed by atoms with Gasteiger partial charge in [0, 0.05) is 42.1 Å². The highest BCUT2D eigenvalue weighted by molar-refractivity contribution is 5.90. The Kier molecular flexibility index (Phi) is 6.69. The van der Waals surface area contributed by atoms with E-state index >= 15 is 4.39 Å². The van der Waals surface area contributed by atoms with Crippen LogP contribution in [-0.2, 0) is 27.7 Å². The quantitative estimate of drug-likeness (QED) is 0.269. The highest BCUT2D eigenvalue weighted by Crippen LogP contribution is 2.61. The minimum atomic E-state index is -4.59. The molecule has 1 heterocycles. The number of aliphatic carboxylic acids is 1. The Bertz CT molecular complexity index is 1410. The van der Waals surface area contributed by atoms with Crippen molar-refractivity contribution < 1.29 is 32.2 Å². The Hall–Kier alpha value is -3.46. The Labute approximate surface area is 224 Å². The number of nitrogens with one attached hydrogen (secondary N) is 1. The zero-order chi connectivity index (χ0) is 28.3. The zero-order valence-corrected chi connectivity index (χ0v) is 21.9. The van der Waals surface area contributed by atoms with E-state index in [4.69, 9.17) is 4.74 Å². The van der Waals surface area contributed by atoms with Gasteiger partial charge in [0.25, 0.3) is 0 Å². The van der Waals surface area contributed by atoms with Crippen LogP contribution in [0.15, 0.2) is 65.2 Å². The first-order valence-electron chi connectivity index (χ1n) is 12.8. The molecule has 3 aliphatic rings. The molecular weight excluding hydrogens is 512 g/mol. The maximum absolute atomic E-state index is 16.1. The van der Waals surface area contributed by atoms with Gasteiger partial charge >= 0.3 is 12.1 Å². The summed E-state index contributed by atoms with van der Waals surface area (Å²) in [5.74, 6) is -1.62. The summed E-state index contributed by atoms with van der Waals surface area (Å²) < 4.78 is 63.5. The lowest BCUT2D eigenvalue weighted by Gasteiger charge is -2.39. The van der Waals surface area contributed by atoms with Crippen LogP contribution in [-0.4, -0.2) is 30.6 Å². The van der Waals surface area contributed by atoms with Crippen LogP contribution < -0.4 is 5.32 Å². The summed E-state index contributed by atoms with van der Waals surface area (Å²) in [6.07, 6.45) is -2.31. The fourth-order valence-electron chi connectivity index (χ4n) is 6.11. The Morgan fingerprint density at radius 2 is 1.97 bits per heavy atom. The fraction of sp³-hybridized carbons (Fsp3) is 0.400. The van der Waals surface area contributed by atoms with Crippen LogP contribution in [0.3, 0.4) is 0 Å². The topological polar surface area (TPSA) is 70.9 Å². The number of alkyl halides is 3. The molecule has 5 nitrogen and oxygen atoms in total. The van der Waals surface area contributed by atoms with Crippen LogP contribution in [0.1, 0.15) is 54.1 Å². The number of carboxylic acid groups (broad SMARTS) is 1. The lowest BCUT2D eigenvalue weighted by Crippen LogP contribution is -2.43. The molecule has 0 radical (unpaired) electrons. The molecule has 1 aliphatic heterocycles. The number of fused-ring (bicyclic) bond motifs is 2. The molecule has 39 heavy (non-hydrogen) atoms. The summed E-state index contributed by atoms with van der Waals surface area (Å²) in [7, 11) is 1.53. The lowest BCUT2D eigenvalue weighted by molar-refractivity contribution is -0.139. The van der Waals surface area contributed by atoms with Crippen molar-refractivity contribution in [2.75, 3.05) is 13.6 Å². The molecule has 9 heteroatoms. The molecule has 2 saturated carbocycles. The normalized spacial score (nSPS) is 26.8. The van der Waals surface area contributed by atoms with Crippen LogP contribution in [0.2, 0.25) is 0 Å². The van der Waals surface area contributed by atoms with Crippen molar-refractivity contribution >= 4 is 11.9 Å². The summed E-state index contributed by atoms with van der Waals surface area (Å²) in [6.45, 7) is 8.08. The average Bonchev–Trinajstić information content (AvgIpc) is 3.51. The highest BCUT2D eigenvalue weighted by atomic mass is 19.4. The second kappa shape index (κ2) is 9.62. The van der Waals surface area contributed by atoms with Crippen LogP contribution in [0.5, 0.6) is 0 Å². The van der Waals surface area contributed by atoms with Crippen LogP contribution in [0.25, 0.3) is 0 Å². The minimum Gasteiger partial charge on any atom is -0.481 e. The third-order valence-electron chi connectivity index (χ3n) is 8.22. The van der Waals surface area contributed by atoms with Crippen LogP contribution in [0, 0.1) is 23.6 Å². The molecule has 2 N–H and O–H groups in total. The number of rotatable bonds is 5. The zero-order valence-electron chi connectivity index (χ0n) is 21.9. The molecule has 2 fully saturated rings. The average molecular weight is 543 g/mol. The molecule has 0 spiro atoms. The van der Waals surface area contributed by atoms with E-state index in [0.717, 1.165) is 17.2 Å². The maximum atomic E-state index is 16.1. The van der Waals surface area contributed by atoms with Gasteiger partial charge in [0.15, 0.2) is 0 Å². The largest absolute Gasteiger partial charge is 0.481 e. The van der Waals surface area contributed by atoms with Crippen LogP contribution >= 0.6 is 0 Å². The minimum absolute atomic E-state index is 0.0303. The Morgan fingerprint density at radius 1 is 1.26 bits per heavy atom. The molecule has 0 bridgehead atoms. The molecule has 0 amide bonds. The third-order valence-corrected chi connectivity index (χ3v) is 8.22. The summed E-state index contributed by atoms with van der Waals surface area (Å²) in [4.78, 5) is 15.5. The van der Waals surface area contributed by atoms with Gasteiger partial charge in [-0.3, -0.25) is 9.79 Å². The van der Waals surface area contributed by atoms with Gasteiger partial charge in [0.1, 0.15) is 12.4 Å². The molecule has 2 aromatic rings. The predicted molar refractivity (Wildman–Crippen MR) is 139 cm³/mol. The van der Waals surface area contributed by atoms with E-state index in [-0.39, 0.29) is 41.0 Å². The molecule has 0 aromatic heterocycles. The SMILES string of the molecule is C=C1/C(=C\C(=NC)OCc2ccc3c(c2F)C(c2ccccc2C(F)(F)F)NCC3(C)C)C[C@@H]2[C@H]1[C@H]2C(=O)O. The van der Waals surface area contributed by atoms with Gasteiger partial charge in [-0.2, -0.15) is 13.2 Å². The second-order valence-electron chi connectivity index (χ2n) is 11.1. The third kappa shape index (κ3) is 4.77. The van der Waals surface area contributed by atoms with E-state index in [1.807, 2.05) is 13.8 Å². The van der Waals surface area contributed by atoms with Gasteiger partial charge in [0.05, 0.1) is 17.5 Å². The molecule has 1 unspecified atom stereocenters. The molecule has 4 atom stereocenters. The first-order chi connectivity index (χ1) is 18.3. The van der Waals surface area contributed by atoms with E-state index < -0.39 is 40.9 Å². The van der Waals surface area contributed by atoms with Crippen molar-refractivity contribution in [1.29, 1.82) is 0 Å². The number of hydrogen-bond acceptors (Lipinski definition) is 4. The van der Waals surface area contributed by atoms with Crippen molar-refractivity contribution in [3.8, 4) is 0 Å². The van der Waals surface area contributed by atoms with Crippen molar-refractivity contribution in [1.82, 2.24) is 5.32 Å². The number of carbonyl (C=O) groups is 1. The number of nitrogens with zero attached hydrogens (tertiary/aromatic N) is 1. The van der Waals surface area contributed by atoms with Crippen LogP contribution in [0.4, 0.5) is 17.6 Å². The smallest absolute Gasteiger partial charge is 0.416 e. The first-order valence-corrected chi connectivity index (χ1v) is 12.8. The Morgan fingerprint density at radius 3 is 2.59 bits per heavy atom. The predicted octanol–water partition coefficient (Wildman–Crippen LogP) is 6.19. The number of benzene rings is 2. The van der Waals surface area contributed by atoms with Crippen molar-refractivity contribution in [3.05, 3.63) is 93.8 Å². The van der Waals surface area contributed by atoms with E-state index in [1.165, 1.54) is 25.2 Å². The van der Waals surface area contributed by atoms with Gasteiger partial charge in [0.2, 0.25) is 5.90 Å². The highest BCUT2D eigenvalue weighted by Gasteiger charge is 2.60. The number of allylic oxidation sites excluding steroid dienone is 2. The number of hydrogen-bond donors (Lipinski definition) is 2. The van der Waals surface area contributed by atoms with E-state index in [1.54, 1.807) is 18.2 Å². The van der Waals surface area contributed by atoms with Gasteiger partial charge < -0.3 is 15.2 Å². The van der Waals surface area contributed by atoms with E-state index in [9.17, 15) is 23.1 Å². The summed E-state index contributed by atoms with van der Waals surface area (Å²) in [6, 6.07) is 7.63. The molecular formula is C30H30F4N2O3. The van der Waals surface area contributed by atoms with E-state index in [0.29, 0.717) is 18.5 Å². The number of ether oxygens (including phenoxy) is 1. The first kappa shape index (κ1) is 27.1. The van der Waals surface area contributed by atoms with E-state index in [2.05, 4.69) is 16.9 Å². The summed E-state index contributed by atoms with van der Waals surface area (Å²) in [5, 5.41) is 12.4. The maximum Gasteiger partial charge on any atom is 0.416 e. The van der Waals surface area contributed by atoms with Gasteiger partial charge in [-0.15, -0.1) is 0 Å². The van der Waals surface area contributed by atoms with Gasteiger partial charge in [-0.25, -0.2) is 4.39 Å². The summed E-state index contributed by atoms with van der Waals surface area (Å²) in [5.41, 5.74) is 1.31. The Balaban J connectivity index is 1.42.